The molecule has 0 aliphatic rings. The van der Waals surface area contributed by atoms with Gasteiger partial charge >= 0.3 is 5.97 Å². The van der Waals surface area contributed by atoms with Crippen molar-refractivity contribution in [3.8, 4) is 5.75 Å². The molecule has 0 aliphatic heterocycles. The number of hydrogen-bond donors (Lipinski definition) is 2. The number of carbonyl (C=O) groups excluding carboxylic acids is 1. The normalized spacial score (nSPS) is 10.2. The molecule has 0 radical (unpaired) electrons. The first-order valence-corrected chi connectivity index (χ1v) is 7.89. The summed E-state index contributed by atoms with van der Waals surface area (Å²) in [6.45, 7) is 2.31. The first-order chi connectivity index (χ1) is 11.6. The maximum atomic E-state index is 11.8. The molecule has 0 aliphatic carbocycles. The number of amides is 1. The van der Waals surface area contributed by atoms with Crippen LogP contribution in [-0.2, 0) is 17.8 Å². The smallest absolute Gasteiger partial charge is 0.335 e. The van der Waals surface area contributed by atoms with Crippen LogP contribution < -0.4 is 10.1 Å². The summed E-state index contributed by atoms with van der Waals surface area (Å²) in [4.78, 5) is 22.7. The SMILES string of the molecule is CCCc1ccc(OCC(=O)NCc2cccc(C(=O)O)c2)cc1. The van der Waals surface area contributed by atoms with E-state index in [0.717, 1.165) is 18.4 Å². The van der Waals surface area contributed by atoms with E-state index in [9.17, 15) is 9.59 Å². The Balaban J connectivity index is 1.79. The summed E-state index contributed by atoms with van der Waals surface area (Å²) in [5.74, 6) is -0.593. The van der Waals surface area contributed by atoms with Gasteiger partial charge in [-0.05, 0) is 41.8 Å². The first kappa shape index (κ1) is 17.5. The Hall–Kier alpha value is -2.82. The number of hydrogen-bond acceptors (Lipinski definition) is 3. The monoisotopic (exact) mass is 327 g/mol. The summed E-state index contributed by atoms with van der Waals surface area (Å²) in [5, 5.41) is 11.7. The zero-order chi connectivity index (χ0) is 17.4. The third-order valence-electron chi connectivity index (χ3n) is 3.50. The molecule has 0 atom stereocenters. The molecule has 2 aromatic rings. The van der Waals surface area contributed by atoms with Crippen molar-refractivity contribution < 1.29 is 19.4 Å². The molecular weight excluding hydrogens is 306 g/mol. The van der Waals surface area contributed by atoms with E-state index in [1.807, 2.05) is 24.3 Å². The maximum absolute atomic E-state index is 11.8. The van der Waals surface area contributed by atoms with E-state index in [1.54, 1.807) is 12.1 Å². The van der Waals surface area contributed by atoms with Crippen LogP contribution in [0.25, 0.3) is 0 Å². The fourth-order valence-electron chi connectivity index (χ4n) is 2.26. The Kier molecular flexibility index (Phi) is 6.37. The summed E-state index contributed by atoms with van der Waals surface area (Å²) in [6, 6.07) is 14.2. The van der Waals surface area contributed by atoms with Crippen LogP contribution in [-0.4, -0.2) is 23.6 Å². The number of rotatable bonds is 8. The Morgan fingerprint density at radius 2 is 1.83 bits per heavy atom. The van der Waals surface area contributed by atoms with Gasteiger partial charge < -0.3 is 15.2 Å². The zero-order valence-electron chi connectivity index (χ0n) is 13.6. The third-order valence-corrected chi connectivity index (χ3v) is 3.50. The van der Waals surface area contributed by atoms with Crippen LogP contribution in [0.4, 0.5) is 0 Å². The third kappa shape index (κ3) is 5.43. The van der Waals surface area contributed by atoms with Crippen molar-refractivity contribution in [2.75, 3.05) is 6.61 Å². The molecule has 0 spiro atoms. The predicted molar refractivity (Wildman–Crippen MR) is 91.2 cm³/mol. The van der Waals surface area contributed by atoms with Crippen molar-refractivity contribution in [3.63, 3.8) is 0 Å². The van der Waals surface area contributed by atoms with Gasteiger partial charge in [-0.1, -0.05) is 37.6 Å². The van der Waals surface area contributed by atoms with Gasteiger partial charge in [0.05, 0.1) is 5.56 Å². The van der Waals surface area contributed by atoms with Gasteiger partial charge in [0.25, 0.3) is 5.91 Å². The van der Waals surface area contributed by atoms with E-state index in [2.05, 4.69) is 12.2 Å². The second-order valence-electron chi connectivity index (χ2n) is 5.46. The first-order valence-electron chi connectivity index (χ1n) is 7.89. The van der Waals surface area contributed by atoms with Crippen molar-refractivity contribution in [3.05, 3.63) is 65.2 Å². The second-order valence-corrected chi connectivity index (χ2v) is 5.46. The van der Waals surface area contributed by atoms with Gasteiger partial charge in [0.2, 0.25) is 0 Å². The van der Waals surface area contributed by atoms with Crippen LogP contribution in [0, 0.1) is 0 Å². The van der Waals surface area contributed by atoms with Gasteiger partial charge in [-0.3, -0.25) is 4.79 Å². The fraction of sp³-hybridized carbons (Fsp3) is 0.263. The summed E-state index contributed by atoms with van der Waals surface area (Å²) in [5.41, 5.74) is 2.17. The number of aryl methyl sites for hydroxylation is 1. The number of carboxylic acid groups (broad SMARTS) is 1. The van der Waals surface area contributed by atoms with E-state index < -0.39 is 5.97 Å². The standard InChI is InChI=1S/C19H21NO4/c1-2-4-14-7-9-17(10-8-14)24-13-18(21)20-12-15-5-3-6-16(11-15)19(22)23/h3,5-11H,2,4,12-13H2,1H3,(H,20,21)(H,22,23). The number of carboxylic acids is 1. The molecule has 0 saturated heterocycles. The van der Waals surface area contributed by atoms with E-state index >= 15 is 0 Å². The summed E-state index contributed by atoms with van der Waals surface area (Å²) < 4.78 is 5.45. The lowest BCUT2D eigenvalue weighted by molar-refractivity contribution is -0.123. The van der Waals surface area contributed by atoms with Crippen molar-refractivity contribution in [2.45, 2.75) is 26.3 Å². The molecule has 2 aromatic carbocycles. The highest BCUT2D eigenvalue weighted by Crippen LogP contribution is 2.13. The number of carbonyl (C=O) groups is 2. The van der Waals surface area contributed by atoms with Crippen LogP contribution in [0.5, 0.6) is 5.75 Å². The molecule has 24 heavy (non-hydrogen) atoms. The van der Waals surface area contributed by atoms with Crippen molar-refractivity contribution in [1.82, 2.24) is 5.32 Å². The van der Waals surface area contributed by atoms with Crippen LogP contribution in [0.1, 0.15) is 34.8 Å². The van der Waals surface area contributed by atoms with E-state index in [0.29, 0.717) is 5.75 Å². The summed E-state index contributed by atoms with van der Waals surface area (Å²) in [6.07, 6.45) is 2.11. The Labute approximate surface area is 141 Å². The predicted octanol–water partition coefficient (Wildman–Crippen LogP) is 3.03. The minimum atomic E-state index is -0.988. The zero-order valence-corrected chi connectivity index (χ0v) is 13.6. The van der Waals surface area contributed by atoms with Crippen LogP contribution in [0.2, 0.25) is 0 Å². The number of nitrogens with one attached hydrogen (secondary N) is 1. The Morgan fingerprint density at radius 3 is 2.50 bits per heavy atom. The molecule has 5 heteroatoms. The molecule has 0 aromatic heterocycles. The van der Waals surface area contributed by atoms with E-state index in [-0.39, 0.29) is 24.6 Å². The summed E-state index contributed by atoms with van der Waals surface area (Å²) >= 11 is 0. The highest BCUT2D eigenvalue weighted by Gasteiger charge is 2.06. The number of benzene rings is 2. The van der Waals surface area contributed by atoms with Gasteiger partial charge in [0.1, 0.15) is 5.75 Å². The Morgan fingerprint density at radius 1 is 1.08 bits per heavy atom. The van der Waals surface area contributed by atoms with Crippen LogP contribution in [0.3, 0.4) is 0 Å². The molecule has 5 nitrogen and oxygen atoms in total. The molecule has 0 fully saturated rings. The maximum Gasteiger partial charge on any atom is 0.335 e. The average Bonchev–Trinajstić information content (AvgIpc) is 2.60. The van der Waals surface area contributed by atoms with Crippen LogP contribution in [0.15, 0.2) is 48.5 Å². The quantitative estimate of drug-likeness (QED) is 0.781. The van der Waals surface area contributed by atoms with Gasteiger partial charge in [-0.25, -0.2) is 4.79 Å². The molecule has 2 N–H and O–H groups in total. The highest BCUT2D eigenvalue weighted by atomic mass is 16.5. The molecule has 0 unspecified atom stereocenters. The van der Waals surface area contributed by atoms with E-state index in [1.165, 1.54) is 17.7 Å². The molecule has 1 amide bonds. The molecule has 126 valence electrons. The van der Waals surface area contributed by atoms with Crippen molar-refractivity contribution >= 4 is 11.9 Å². The van der Waals surface area contributed by atoms with Gasteiger partial charge in [0.15, 0.2) is 6.61 Å². The molecule has 2 rings (SSSR count). The largest absolute Gasteiger partial charge is 0.484 e. The van der Waals surface area contributed by atoms with Crippen LogP contribution >= 0.6 is 0 Å². The lowest BCUT2D eigenvalue weighted by atomic mass is 10.1. The van der Waals surface area contributed by atoms with Crippen molar-refractivity contribution in [1.29, 1.82) is 0 Å². The highest BCUT2D eigenvalue weighted by molar-refractivity contribution is 5.87. The fourth-order valence-corrected chi connectivity index (χ4v) is 2.26. The number of ether oxygens (including phenoxy) is 1. The summed E-state index contributed by atoms with van der Waals surface area (Å²) in [7, 11) is 0. The number of aromatic carboxylic acids is 1. The topological polar surface area (TPSA) is 75.6 Å². The molecule has 0 heterocycles. The Bertz CT molecular complexity index is 695. The van der Waals surface area contributed by atoms with Gasteiger partial charge in [0, 0.05) is 6.54 Å². The van der Waals surface area contributed by atoms with Gasteiger partial charge in [-0.15, -0.1) is 0 Å². The lowest BCUT2D eigenvalue weighted by Gasteiger charge is -2.08. The second kappa shape index (κ2) is 8.72. The molecular formula is C19H21NO4. The average molecular weight is 327 g/mol. The molecule has 0 bridgehead atoms. The van der Waals surface area contributed by atoms with Gasteiger partial charge in [-0.2, -0.15) is 0 Å². The minimum absolute atomic E-state index is 0.0776. The van der Waals surface area contributed by atoms with Crippen molar-refractivity contribution in [2.24, 2.45) is 0 Å². The minimum Gasteiger partial charge on any atom is -0.484 e. The lowest BCUT2D eigenvalue weighted by Crippen LogP contribution is -2.28. The van der Waals surface area contributed by atoms with E-state index in [4.69, 9.17) is 9.84 Å². The molecule has 0 saturated carbocycles.